The van der Waals surface area contributed by atoms with E-state index in [1.54, 1.807) is 24.3 Å². The highest BCUT2D eigenvalue weighted by Gasteiger charge is 2.23. The molecule has 0 aliphatic heterocycles. The molecule has 1 aliphatic carbocycles. The van der Waals surface area contributed by atoms with Gasteiger partial charge < -0.3 is 19.6 Å². The number of carbonyl (C=O) groups is 2. The van der Waals surface area contributed by atoms with Crippen LogP contribution >= 0.6 is 0 Å². The van der Waals surface area contributed by atoms with Gasteiger partial charge in [-0.1, -0.05) is 32.4 Å². The molecule has 0 amide bonds. The SMILES string of the molecule is C=CC(=O)OCCCCCCOc1ccc(C(=O)Oc2ccc(C3CCC(CCC)CC3)cc2C=N)cc1. The largest absolute Gasteiger partial charge is 0.494 e. The van der Waals surface area contributed by atoms with Gasteiger partial charge in [0, 0.05) is 17.9 Å². The molecule has 6 nitrogen and oxygen atoms in total. The van der Waals surface area contributed by atoms with E-state index >= 15 is 0 Å². The molecule has 1 fully saturated rings. The molecule has 0 spiro atoms. The zero-order valence-electron chi connectivity index (χ0n) is 22.6. The Morgan fingerprint density at radius 1 is 0.974 bits per heavy atom. The molecule has 0 heterocycles. The highest BCUT2D eigenvalue weighted by Crippen LogP contribution is 2.38. The smallest absolute Gasteiger partial charge is 0.343 e. The van der Waals surface area contributed by atoms with Gasteiger partial charge in [0.15, 0.2) is 0 Å². The topological polar surface area (TPSA) is 85.7 Å². The van der Waals surface area contributed by atoms with Crippen molar-refractivity contribution in [1.82, 2.24) is 0 Å². The second-order valence-corrected chi connectivity index (χ2v) is 10.00. The zero-order valence-corrected chi connectivity index (χ0v) is 22.6. The van der Waals surface area contributed by atoms with Crippen LogP contribution in [-0.4, -0.2) is 31.4 Å². The first-order chi connectivity index (χ1) is 18.5. The summed E-state index contributed by atoms with van der Waals surface area (Å²) in [5, 5.41) is 7.86. The van der Waals surface area contributed by atoms with Gasteiger partial charge in [-0.2, -0.15) is 0 Å². The number of ether oxygens (including phenoxy) is 3. The normalized spacial score (nSPS) is 16.9. The Bertz CT molecular complexity index is 1050. The number of hydrogen-bond acceptors (Lipinski definition) is 6. The van der Waals surface area contributed by atoms with Gasteiger partial charge in [0.1, 0.15) is 11.5 Å². The predicted molar refractivity (Wildman–Crippen MR) is 150 cm³/mol. The number of nitrogens with one attached hydrogen (secondary N) is 1. The van der Waals surface area contributed by atoms with E-state index in [0.717, 1.165) is 31.6 Å². The molecule has 1 aliphatic rings. The minimum Gasteiger partial charge on any atom is -0.494 e. The summed E-state index contributed by atoms with van der Waals surface area (Å²) in [6.45, 7) is 6.61. The molecule has 1 saturated carbocycles. The Morgan fingerprint density at radius 3 is 2.34 bits per heavy atom. The van der Waals surface area contributed by atoms with Gasteiger partial charge in [-0.15, -0.1) is 0 Å². The van der Waals surface area contributed by atoms with Crippen LogP contribution in [0.4, 0.5) is 0 Å². The molecular formula is C32H41NO5. The van der Waals surface area contributed by atoms with Gasteiger partial charge in [0.2, 0.25) is 0 Å². The van der Waals surface area contributed by atoms with Gasteiger partial charge in [-0.25, -0.2) is 9.59 Å². The van der Waals surface area contributed by atoms with Crippen molar-refractivity contribution >= 4 is 18.2 Å². The summed E-state index contributed by atoms with van der Waals surface area (Å²) in [7, 11) is 0. The summed E-state index contributed by atoms with van der Waals surface area (Å²) >= 11 is 0. The first kappa shape index (κ1) is 29.2. The summed E-state index contributed by atoms with van der Waals surface area (Å²) in [6.07, 6.45) is 13.5. The summed E-state index contributed by atoms with van der Waals surface area (Å²) in [4.78, 5) is 23.7. The molecule has 38 heavy (non-hydrogen) atoms. The Kier molecular flexibility index (Phi) is 12.1. The molecule has 0 radical (unpaired) electrons. The molecular weight excluding hydrogens is 478 g/mol. The fourth-order valence-corrected chi connectivity index (χ4v) is 5.04. The number of unbranched alkanes of at least 4 members (excludes halogenated alkanes) is 3. The molecule has 2 aromatic rings. The van der Waals surface area contributed by atoms with Crippen LogP contribution in [0.2, 0.25) is 0 Å². The van der Waals surface area contributed by atoms with E-state index in [9.17, 15) is 9.59 Å². The number of hydrogen-bond donors (Lipinski definition) is 1. The number of benzene rings is 2. The third-order valence-corrected chi connectivity index (χ3v) is 7.22. The van der Waals surface area contributed by atoms with Gasteiger partial charge in [-0.05, 0) is 105 Å². The summed E-state index contributed by atoms with van der Waals surface area (Å²) < 4.78 is 16.4. The van der Waals surface area contributed by atoms with Crippen molar-refractivity contribution in [2.24, 2.45) is 5.92 Å². The van der Waals surface area contributed by atoms with Crippen LogP contribution in [0.25, 0.3) is 0 Å². The van der Waals surface area contributed by atoms with Crippen molar-refractivity contribution in [1.29, 1.82) is 5.41 Å². The van der Waals surface area contributed by atoms with E-state index in [1.165, 1.54) is 56.4 Å². The Hall–Kier alpha value is -3.41. The Balaban J connectivity index is 1.43. The van der Waals surface area contributed by atoms with Crippen molar-refractivity contribution in [2.45, 2.75) is 77.0 Å². The highest BCUT2D eigenvalue weighted by molar-refractivity contribution is 5.93. The first-order valence-electron chi connectivity index (χ1n) is 13.9. The van der Waals surface area contributed by atoms with E-state index in [0.29, 0.717) is 41.8 Å². The zero-order chi connectivity index (χ0) is 27.2. The predicted octanol–water partition coefficient (Wildman–Crippen LogP) is 7.65. The maximum atomic E-state index is 12.7. The fraction of sp³-hybridized carbons (Fsp3) is 0.469. The van der Waals surface area contributed by atoms with Crippen LogP contribution in [0, 0.1) is 11.3 Å². The maximum absolute atomic E-state index is 12.7. The number of rotatable bonds is 15. The van der Waals surface area contributed by atoms with E-state index in [4.69, 9.17) is 19.6 Å². The summed E-state index contributed by atoms with van der Waals surface area (Å²) in [5.41, 5.74) is 2.29. The van der Waals surface area contributed by atoms with Crippen LogP contribution < -0.4 is 9.47 Å². The maximum Gasteiger partial charge on any atom is 0.343 e. The van der Waals surface area contributed by atoms with Crippen LogP contribution in [-0.2, 0) is 9.53 Å². The van der Waals surface area contributed by atoms with Crippen LogP contribution in [0.5, 0.6) is 11.5 Å². The quantitative estimate of drug-likeness (QED) is 0.0859. The number of esters is 2. The molecule has 0 saturated heterocycles. The number of carbonyl (C=O) groups excluding carboxylic acids is 2. The molecule has 204 valence electrons. The second kappa shape index (κ2) is 15.8. The lowest BCUT2D eigenvalue weighted by atomic mass is 9.77. The molecule has 0 unspecified atom stereocenters. The third-order valence-electron chi connectivity index (χ3n) is 7.22. The standard InChI is InChI=1S/C32H41NO5/c1-3-9-24-10-12-25(13-11-24)27-16-19-30(28(22-27)23-33)38-32(35)26-14-17-29(18-15-26)36-20-7-5-6-8-21-37-31(34)4-2/h4,14-19,22-25,33H,2-3,5-13,20-21H2,1H3. The lowest BCUT2D eigenvalue weighted by Crippen LogP contribution is -2.14. The molecule has 3 rings (SSSR count). The minimum atomic E-state index is -0.454. The van der Waals surface area contributed by atoms with E-state index in [2.05, 4.69) is 13.5 Å². The first-order valence-corrected chi connectivity index (χ1v) is 13.9. The summed E-state index contributed by atoms with van der Waals surface area (Å²) in [5.74, 6) is 1.63. The monoisotopic (exact) mass is 519 g/mol. The summed E-state index contributed by atoms with van der Waals surface area (Å²) in [6, 6.07) is 12.8. The lowest BCUT2D eigenvalue weighted by Gasteiger charge is -2.29. The van der Waals surface area contributed by atoms with Crippen molar-refractivity contribution in [2.75, 3.05) is 13.2 Å². The molecule has 2 aromatic carbocycles. The van der Waals surface area contributed by atoms with E-state index < -0.39 is 5.97 Å². The van der Waals surface area contributed by atoms with Crippen LogP contribution in [0.15, 0.2) is 55.1 Å². The van der Waals surface area contributed by atoms with Gasteiger partial charge >= 0.3 is 11.9 Å². The lowest BCUT2D eigenvalue weighted by molar-refractivity contribution is -0.137. The van der Waals surface area contributed by atoms with Crippen LogP contribution in [0.3, 0.4) is 0 Å². The molecule has 6 heteroatoms. The molecule has 0 bridgehead atoms. The van der Waals surface area contributed by atoms with Gasteiger partial charge in [-0.3, -0.25) is 0 Å². The third kappa shape index (κ3) is 9.16. The molecule has 0 atom stereocenters. The average Bonchev–Trinajstić information content (AvgIpc) is 2.95. The second-order valence-electron chi connectivity index (χ2n) is 10.00. The van der Waals surface area contributed by atoms with E-state index in [-0.39, 0.29) is 5.97 Å². The highest BCUT2D eigenvalue weighted by atomic mass is 16.5. The molecule has 1 N–H and O–H groups in total. The molecule has 0 aromatic heterocycles. The van der Waals surface area contributed by atoms with Crippen molar-refractivity contribution in [3.8, 4) is 11.5 Å². The van der Waals surface area contributed by atoms with Crippen molar-refractivity contribution < 1.29 is 23.8 Å². The fourth-order valence-electron chi connectivity index (χ4n) is 5.04. The van der Waals surface area contributed by atoms with Crippen molar-refractivity contribution in [3.05, 3.63) is 71.8 Å². The van der Waals surface area contributed by atoms with Gasteiger partial charge in [0.25, 0.3) is 0 Å². The minimum absolute atomic E-state index is 0.385. The van der Waals surface area contributed by atoms with Crippen LogP contribution in [0.1, 0.15) is 98.5 Å². The Labute approximate surface area is 226 Å². The van der Waals surface area contributed by atoms with E-state index in [1.807, 2.05) is 18.2 Å². The van der Waals surface area contributed by atoms with Crippen molar-refractivity contribution in [3.63, 3.8) is 0 Å². The van der Waals surface area contributed by atoms with Gasteiger partial charge in [0.05, 0.1) is 18.8 Å². The Morgan fingerprint density at radius 2 is 1.68 bits per heavy atom. The average molecular weight is 520 g/mol.